The molecule has 0 saturated carbocycles. The van der Waals surface area contributed by atoms with E-state index in [0.717, 1.165) is 22.1 Å². The van der Waals surface area contributed by atoms with Crippen LogP contribution < -0.4 is 10.7 Å². The third-order valence-corrected chi connectivity index (χ3v) is 5.21. The Morgan fingerprint density at radius 2 is 2.00 bits per heavy atom. The standard InChI is InChI=1S/C22H22FN9O/c1-30-13-17(12-28-30)16-8-15(9-18(23)10-16)11-25-20-19-2-4-32(21(19)27-14-26-20)29-22-24-3-5-31(22)6-7-33/h2-5,8-10,12-14,33H,6-7,11H2,1H3,(H,24,29)(H,25,26,27). The van der Waals surface area contributed by atoms with Gasteiger partial charge in [0.15, 0.2) is 5.65 Å². The molecule has 3 N–H and O–H groups in total. The van der Waals surface area contributed by atoms with Crippen LogP contribution in [0.5, 0.6) is 0 Å². The van der Waals surface area contributed by atoms with Crippen LogP contribution in [0.2, 0.25) is 0 Å². The number of fused-ring (bicyclic) bond motifs is 1. The molecule has 5 rings (SSSR count). The lowest BCUT2D eigenvalue weighted by Crippen LogP contribution is -2.14. The lowest BCUT2D eigenvalue weighted by Gasteiger charge is -2.11. The lowest BCUT2D eigenvalue weighted by molar-refractivity contribution is 0.276. The molecule has 168 valence electrons. The Labute approximate surface area is 188 Å². The molecule has 0 unspecified atom stereocenters. The average Bonchev–Trinajstić information content (AvgIpc) is 3.54. The molecular weight excluding hydrogens is 425 g/mol. The predicted octanol–water partition coefficient (Wildman–Crippen LogP) is 2.65. The summed E-state index contributed by atoms with van der Waals surface area (Å²) >= 11 is 0. The van der Waals surface area contributed by atoms with Gasteiger partial charge in [0.2, 0.25) is 5.95 Å². The first-order valence-corrected chi connectivity index (χ1v) is 10.3. The highest BCUT2D eigenvalue weighted by molar-refractivity contribution is 5.87. The second-order valence-corrected chi connectivity index (χ2v) is 7.53. The average molecular weight is 447 g/mol. The number of halogens is 1. The van der Waals surface area contributed by atoms with Crippen molar-refractivity contribution in [3.8, 4) is 11.1 Å². The second kappa shape index (κ2) is 8.71. The minimum Gasteiger partial charge on any atom is -0.395 e. The zero-order valence-electron chi connectivity index (χ0n) is 17.9. The summed E-state index contributed by atoms with van der Waals surface area (Å²) in [7, 11) is 1.83. The maximum absolute atomic E-state index is 14.3. The number of nitrogens with one attached hydrogen (secondary N) is 2. The number of rotatable bonds is 8. The van der Waals surface area contributed by atoms with Gasteiger partial charge in [-0.1, -0.05) is 0 Å². The van der Waals surface area contributed by atoms with Gasteiger partial charge >= 0.3 is 0 Å². The Morgan fingerprint density at radius 3 is 2.82 bits per heavy atom. The van der Waals surface area contributed by atoms with E-state index in [4.69, 9.17) is 0 Å². The maximum atomic E-state index is 14.3. The van der Waals surface area contributed by atoms with Gasteiger partial charge < -0.3 is 15.0 Å². The fraction of sp³-hybridized carbons (Fsp3) is 0.182. The van der Waals surface area contributed by atoms with Gasteiger partial charge in [0.05, 0.1) is 18.2 Å². The normalized spacial score (nSPS) is 11.2. The van der Waals surface area contributed by atoms with Crippen molar-refractivity contribution in [1.29, 1.82) is 0 Å². The van der Waals surface area contributed by atoms with Crippen LogP contribution in [0.1, 0.15) is 5.56 Å². The summed E-state index contributed by atoms with van der Waals surface area (Å²) in [6.45, 7) is 0.824. The van der Waals surface area contributed by atoms with Gasteiger partial charge in [-0.2, -0.15) is 5.10 Å². The van der Waals surface area contributed by atoms with Crippen molar-refractivity contribution in [2.24, 2.45) is 7.05 Å². The number of aliphatic hydroxyl groups excluding tert-OH is 1. The van der Waals surface area contributed by atoms with Crippen LogP contribution in [0.25, 0.3) is 22.2 Å². The van der Waals surface area contributed by atoms with E-state index in [2.05, 4.69) is 30.8 Å². The molecular formula is C22H22FN9O. The number of aryl methyl sites for hydroxylation is 1. The Bertz CT molecular complexity index is 1400. The van der Waals surface area contributed by atoms with Crippen molar-refractivity contribution in [2.45, 2.75) is 13.1 Å². The van der Waals surface area contributed by atoms with Crippen molar-refractivity contribution < 1.29 is 9.50 Å². The van der Waals surface area contributed by atoms with Gasteiger partial charge in [0.1, 0.15) is 18.0 Å². The third kappa shape index (κ3) is 4.26. The molecule has 0 amide bonds. The van der Waals surface area contributed by atoms with Crippen molar-refractivity contribution in [2.75, 3.05) is 17.3 Å². The van der Waals surface area contributed by atoms with E-state index in [1.165, 1.54) is 18.5 Å². The molecule has 0 spiro atoms. The molecule has 0 aliphatic rings. The van der Waals surface area contributed by atoms with E-state index in [-0.39, 0.29) is 12.4 Å². The quantitative estimate of drug-likeness (QED) is 0.335. The summed E-state index contributed by atoms with van der Waals surface area (Å²) in [4.78, 5) is 13.0. The molecule has 0 aliphatic heterocycles. The van der Waals surface area contributed by atoms with E-state index in [0.29, 0.717) is 30.5 Å². The van der Waals surface area contributed by atoms with E-state index < -0.39 is 0 Å². The molecule has 10 nitrogen and oxygen atoms in total. The maximum Gasteiger partial charge on any atom is 0.222 e. The smallest absolute Gasteiger partial charge is 0.222 e. The van der Waals surface area contributed by atoms with Gasteiger partial charge in [-0.3, -0.25) is 10.1 Å². The molecule has 0 bridgehead atoms. The van der Waals surface area contributed by atoms with Crippen molar-refractivity contribution in [1.82, 2.24) is 34.0 Å². The number of nitrogens with zero attached hydrogens (tertiary/aromatic N) is 7. The first-order chi connectivity index (χ1) is 16.1. The molecule has 11 heteroatoms. The summed E-state index contributed by atoms with van der Waals surface area (Å²) in [5.41, 5.74) is 6.23. The van der Waals surface area contributed by atoms with Crippen LogP contribution >= 0.6 is 0 Å². The summed E-state index contributed by atoms with van der Waals surface area (Å²) in [5, 5.41) is 17.5. The SMILES string of the molecule is Cn1cc(-c2cc(F)cc(CNc3ncnc4c3ccn4Nc3nccn3CCO)c2)cn1. The highest BCUT2D eigenvalue weighted by Gasteiger charge is 2.11. The highest BCUT2D eigenvalue weighted by atomic mass is 19.1. The number of anilines is 2. The Kier molecular flexibility index (Phi) is 5.45. The predicted molar refractivity (Wildman–Crippen MR) is 122 cm³/mol. The van der Waals surface area contributed by atoms with Gasteiger partial charge in [-0.15, -0.1) is 0 Å². The number of imidazole rings is 1. The monoisotopic (exact) mass is 447 g/mol. The third-order valence-electron chi connectivity index (χ3n) is 5.21. The molecule has 0 saturated heterocycles. The van der Waals surface area contributed by atoms with Crippen LogP contribution in [-0.4, -0.2) is 45.7 Å². The Hall–Kier alpha value is -4.25. The minimum absolute atomic E-state index is 0.0102. The summed E-state index contributed by atoms with van der Waals surface area (Å²) in [6, 6.07) is 6.81. The summed E-state index contributed by atoms with van der Waals surface area (Å²) < 4.78 is 19.5. The number of hydrogen-bond acceptors (Lipinski definition) is 7. The van der Waals surface area contributed by atoms with Crippen LogP contribution in [-0.2, 0) is 20.1 Å². The molecule has 33 heavy (non-hydrogen) atoms. The van der Waals surface area contributed by atoms with Crippen LogP contribution in [0.3, 0.4) is 0 Å². The summed E-state index contributed by atoms with van der Waals surface area (Å²) in [6.07, 6.45) is 10.3. The fourth-order valence-electron chi connectivity index (χ4n) is 3.68. The number of hydrogen-bond donors (Lipinski definition) is 3. The molecule has 4 heterocycles. The number of aromatic nitrogens is 7. The van der Waals surface area contributed by atoms with E-state index in [1.807, 2.05) is 31.6 Å². The van der Waals surface area contributed by atoms with Crippen molar-refractivity contribution in [3.05, 3.63) is 73.0 Å². The highest BCUT2D eigenvalue weighted by Crippen LogP contribution is 2.24. The Morgan fingerprint density at radius 1 is 1.09 bits per heavy atom. The van der Waals surface area contributed by atoms with Crippen LogP contribution in [0.4, 0.5) is 16.2 Å². The zero-order chi connectivity index (χ0) is 22.8. The van der Waals surface area contributed by atoms with Gasteiger partial charge in [0, 0.05) is 50.5 Å². The number of benzene rings is 1. The molecule has 0 atom stereocenters. The lowest BCUT2D eigenvalue weighted by atomic mass is 10.1. The van der Waals surface area contributed by atoms with E-state index in [1.54, 1.807) is 32.5 Å². The topological polar surface area (TPSA) is 111 Å². The molecule has 0 aliphatic carbocycles. The molecule has 5 aromatic rings. The summed E-state index contributed by atoms with van der Waals surface area (Å²) in [5.74, 6) is 0.901. The van der Waals surface area contributed by atoms with Crippen molar-refractivity contribution >= 4 is 22.8 Å². The fourth-order valence-corrected chi connectivity index (χ4v) is 3.68. The van der Waals surface area contributed by atoms with Gasteiger partial charge in [-0.05, 0) is 35.4 Å². The minimum atomic E-state index is -0.310. The van der Waals surface area contributed by atoms with Gasteiger partial charge in [0.25, 0.3) is 0 Å². The zero-order valence-corrected chi connectivity index (χ0v) is 17.9. The molecule has 0 fully saturated rings. The first-order valence-electron chi connectivity index (χ1n) is 10.3. The second-order valence-electron chi connectivity index (χ2n) is 7.53. The largest absolute Gasteiger partial charge is 0.395 e. The van der Waals surface area contributed by atoms with Gasteiger partial charge in [-0.25, -0.2) is 24.0 Å². The Balaban J connectivity index is 1.37. The van der Waals surface area contributed by atoms with Crippen molar-refractivity contribution in [3.63, 3.8) is 0 Å². The van der Waals surface area contributed by atoms with E-state index in [9.17, 15) is 9.50 Å². The van der Waals surface area contributed by atoms with Crippen LogP contribution in [0, 0.1) is 5.82 Å². The molecule has 0 radical (unpaired) electrons. The molecule has 4 aromatic heterocycles. The van der Waals surface area contributed by atoms with Crippen LogP contribution in [0.15, 0.2) is 61.6 Å². The van der Waals surface area contributed by atoms with E-state index >= 15 is 0 Å². The molecule has 1 aromatic carbocycles. The number of aliphatic hydroxyl groups is 1. The first kappa shape index (κ1) is 20.6.